The molecule has 21 heavy (non-hydrogen) atoms. The van der Waals surface area contributed by atoms with Crippen molar-refractivity contribution >= 4 is 10.9 Å². The Balaban J connectivity index is 1.96. The van der Waals surface area contributed by atoms with Gasteiger partial charge in [0, 0.05) is 11.9 Å². The third-order valence-electron chi connectivity index (χ3n) is 3.55. The molecule has 0 bridgehead atoms. The van der Waals surface area contributed by atoms with Crippen LogP contribution in [0.25, 0.3) is 10.9 Å². The first kappa shape index (κ1) is 13.6. The van der Waals surface area contributed by atoms with Gasteiger partial charge in [-0.3, -0.25) is 4.68 Å². The van der Waals surface area contributed by atoms with Crippen LogP contribution in [0.15, 0.2) is 48.5 Å². The molecular formula is C17H19N3O. The van der Waals surface area contributed by atoms with Crippen LogP contribution in [0.4, 0.5) is 0 Å². The Morgan fingerprint density at radius 1 is 1.10 bits per heavy atom. The summed E-state index contributed by atoms with van der Waals surface area (Å²) < 4.78 is 2.02. The van der Waals surface area contributed by atoms with Crippen molar-refractivity contribution < 1.29 is 5.11 Å². The molecule has 0 spiro atoms. The first-order chi connectivity index (χ1) is 10.3. The number of aromatic nitrogens is 2. The first-order valence-corrected chi connectivity index (χ1v) is 7.21. The van der Waals surface area contributed by atoms with Gasteiger partial charge in [0.25, 0.3) is 0 Å². The van der Waals surface area contributed by atoms with E-state index in [0.717, 1.165) is 29.9 Å². The largest absolute Gasteiger partial charge is 0.508 e. The molecule has 0 amide bonds. The second kappa shape index (κ2) is 5.97. The minimum Gasteiger partial charge on any atom is -0.508 e. The molecule has 2 aromatic carbocycles. The molecule has 0 saturated heterocycles. The summed E-state index contributed by atoms with van der Waals surface area (Å²) in [7, 11) is 0. The van der Waals surface area contributed by atoms with E-state index in [1.165, 1.54) is 5.39 Å². The lowest BCUT2D eigenvalue weighted by Gasteiger charge is -2.04. The molecule has 3 rings (SSSR count). The molecule has 0 aliphatic heterocycles. The summed E-state index contributed by atoms with van der Waals surface area (Å²) in [4.78, 5) is 0. The molecule has 2 N–H and O–H groups in total. The van der Waals surface area contributed by atoms with E-state index in [1.807, 2.05) is 28.9 Å². The van der Waals surface area contributed by atoms with E-state index in [0.29, 0.717) is 6.54 Å². The number of phenolic OH excluding ortho intramolecular Hbond substituents is 1. The van der Waals surface area contributed by atoms with Gasteiger partial charge in [0.1, 0.15) is 5.75 Å². The number of para-hydroxylation sites is 1. The number of rotatable bonds is 5. The molecule has 0 saturated carbocycles. The molecular weight excluding hydrogens is 262 g/mol. The maximum absolute atomic E-state index is 9.37. The van der Waals surface area contributed by atoms with Crippen molar-refractivity contribution in [3.63, 3.8) is 0 Å². The quantitative estimate of drug-likeness (QED) is 0.756. The maximum Gasteiger partial charge on any atom is 0.115 e. The number of phenols is 1. The summed E-state index contributed by atoms with van der Waals surface area (Å²) in [6, 6.07) is 15.6. The Kier molecular flexibility index (Phi) is 3.88. The molecule has 4 heteroatoms. The number of hydrogen-bond acceptors (Lipinski definition) is 3. The summed E-state index contributed by atoms with van der Waals surface area (Å²) in [5.41, 5.74) is 3.33. The molecule has 3 aromatic rings. The lowest BCUT2D eigenvalue weighted by molar-refractivity contribution is 0.475. The van der Waals surface area contributed by atoms with Gasteiger partial charge in [0.15, 0.2) is 0 Å². The van der Waals surface area contributed by atoms with E-state index in [1.54, 1.807) is 12.1 Å². The molecule has 0 fully saturated rings. The molecule has 0 unspecified atom stereocenters. The van der Waals surface area contributed by atoms with Gasteiger partial charge in [0.2, 0.25) is 0 Å². The first-order valence-electron chi connectivity index (χ1n) is 7.21. The molecule has 108 valence electrons. The Bertz CT molecular complexity index is 731. The van der Waals surface area contributed by atoms with Crippen LogP contribution in [0.1, 0.15) is 18.2 Å². The fourth-order valence-corrected chi connectivity index (χ4v) is 2.46. The molecule has 0 atom stereocenters. The number of benzene rings is 2. The van der Waals surface area contributed by atoms with Crippen molar-refractivity contribution in [1.82, 2.24) is 15.1 Å². The van der Waals surface area contributed by atoms with Crippen LogP contribution in [0, 0.1) is 0 Å². The fraction of sp³-hybridized carbons (Fsp3) is 0.235. The zero-order valence-electron chi connectivity index (χ0n) is 12.1. The summed E-state index contributed by atoms with van der Waals surface area (Å²) in [5, 5.41) is 18.6. The highest BCUT2D eigenvalue weighted by Gasteiger charge is 2.09. The maximum atomic E-state index is 9.37. The van der Waals surface area contributed by atoms with Crippen LogP contribution in [-0.2, 0) is 13.1 Å². The van der Waals surface area contributed by atoms with E-state index in [9.17, 15) is 5.11 Å². The SMILES string of the molecule is CCNCc1nn(Cc2ccc(O)cc2)c2ccccc12. The van der Waals surface area contributed by atoms with Gasteiger partial charge < -0.3 is 10.4 Å². The lowest BCUT2D eigenvalue weighted by atomic mass is 10.2. The molecule has 0 radical (unpaired) electrons. The van der Waals surface area contributed by atoms with Crippen molar-refractivity contribution in [3.8, 4) is 5.75 Å². The standard InChI is InChI=1S/C17H19N3O/c1-2-18-11-16-15-5-3-4-6-17(15)20(19-16)12-13-7-9-14(21)10-8-13/h3-10,18,21H,2,11-12H2,1H3. The van der Waals surface area contributed by atoms with E-state index in [-0.39, 0.29) is 5.75 Å². The normalized spacial score (nSPS) is 11.1. The molecule has 1 heterocycles. The Labute approximate surface area is 124 Å². The zero-order chi connectivity index (χ0) is 14.7. The summed E-state index contributed by atoms with van der Waals surface area (Å²) in [6.45, 7) is 4.50. The molecule has 1 aromatic heterocycles. The van der Waals surface area contributed by atoms with Crippen LogP contribution >= 0.6 is 0 Å². The van der Waals surface area contributed by atoms with Crippen molar-refractivity contribution in [2.45, 2.75) is 20.0 Å². The number of nitrogens with one attached hydrogen (secondary N) is 1. The number of fused-ring (bicyclic) bond motifs is 1. The van der Waals surface area contributed by atoms with E-state index in [4.69, 9.17) is 5.10 Å². The topological polar surface area (TPSA) is 50.1 Å². The number of nitrogens with zero attached hydrogens (tertiary/aromatic N) is 2. The second-order valence-corrected chi connectivity index (χ2v) is 5.07. The van der Waals surface area contributed by atoms with Crippen LogP contribution < -0.4 is 5.32 Å². The summed E-state index contributed by atoms with van der Waals surface area (Å²) in [6.07, 6.45) is 0. The highest BCUT2D eigenvalue weighted by atomic mass is 16.3. The zero-order valence-corrected chi connectivity index (χ0v) is 12.1. The lowest BCUT2D eigenvalue weighted by Crippen LogP contribution is -2.13. The van der Waals surface area contributed by atoms with Gasteiger partial charge in [-0.15, -0.1) is 0 Å². The van der Waals surface area contributed by atoms with Crippen LogP contribution in [0.5, 0.6) is 5.75 Å². The van der Waals surface area contributed by atoms with E-state index >= 15 is 0 Å². The van der Waals surface area contributed by atoms with Crippen LogP contribution in [-0.4, -0.2) is 21.4 Å². The minimum absolute atomic E-state index is 0.289. The Morgan fingerprint density at radius 2 is 1.86 bits per heavy atom. The molecule has 0 aliphatic carbocycles. The summed E-state index contributed by atoms with van der Waals surface area (Å²) >= 11 is 0. The van der Waals surface area contributed by atoms with Crippen molar-refractivity contribution in [2.24, 2.45) is 0 Å². The van der Waals surface area contributed by atoms with Crippen molar-refractivity contribution in [3.05, 3.63) is 59.8 Å². The third-order valence-corrected chi connectivity index (χ3v) is 3.55. The Hall–Kier alpha value is -2.33. The predicted molar refractivity (Wildman–Crippen MR) is 84.3 cm³/mol. The van der Waals surface area contributed by atoms with Crippen molar-refractivity contribution in [2.75, 3.05) is 6.54 Å². The molecule has 4 nitrogen and oxygen atoms in total. The number of hydrogen-bond donors (Lipinski definition) is 2. The van der Waals surface area contributed by atoms with Gasteiger partial charge in [-0.2, -0.15) is 5.10 Å². The van der Waals surface area contributed by atoms with E-state index < -0.39 is 0 Å². The van der Waals surface area contributed by atoms with Gasteiger partial charge in [-0.1, -0.05) is 37.3 Å². The third kappa shape index (κ3) is 2.90. The monoisotopic (exact) mass is 281 g/mol. The van der Waals surface area contributed by atoms with Gasteiger partial charge in [0.05, 0.1) is 17.8 Å². The van der Waals surface area contributed by atoms with Gasteiger partial charge >= 0.3 is 0 Å². The van der Waals surface area contributed by atoms with Gasteiger partial charge in [-0.25, -0.2) is 0 Å². The molecule has 0 aliphatic rings. The second-order valence-electron chi connectivity index (χ2n) is 5.07. The highest BCUT2D eigenvalue weighted by molar-refractivity contribution is 5.82. The van der Waals surface area contributed by atoms with Crippen LogP contribution in [0.2, 0.25) is 0 Å². The average molecular weight is 281 g/mol. The fourth-order valence-electron chi connectivity index (χ4n) is 2.46. The Morgan fingerprint density at radius 3 is 2.62 bits per heavy atom. The highest BCUT2D eigenvalue weighted by Crippen LogP contribution is 2.20. The van der Waals surface area contributed by atoms with E-state index in [2.05, 4.69) is 24.4 Å². The smallest absolute Gasteiger partial charge is 0.115 e. The number of aromatic hydroxyl groups is 1. The predicted octanol–water partition coefficient (Wildman–Crippen LogP) is 2.90. The van der Waals surface area contributed by atoms with Gasteiger partial charge in [-0.05, 0) is 30.3 Å². The van der Waals surface area contributed by atoms with Crippen LogP contribution in [0.3, 0.4) is 0 Å². The summed E-state index contributed by atoms with van der Waals surface area (Å²) in [5.74, 6) is 0.289. The average Bonchev–Trinajstić information content (AvgIpc) is 2.86. The van der Waals surface area contributed by atoms with Crippen molar-refractivity contribution in [1.29, 1.82) is 0 Å². The minimum atomic E-state index is 0.289.